The lowest BCUT2D eigenvalue weighted by molar-refractivity contribution is 0.438. The van der Waals surface area contributed by atoms with E-state index in [0.717, 1.165) is 18.0 Å². The summed E-state index contributed by atoms with van der Waals surface area (Å²) in [7, 11) is 0. The van der Waals surface area contributed by atoms with Crippen molar-refractivity contribution in [3.05, 3.63) is 34.9 Å². The van der Waals surface area contributed by atoms with E-state index in [1.165, 1.54) is 5.56 Å². The van der Waals surface area contributed by atoms with Gasteiger partial charge in [0.1, 0.15) is 0 Å². The van der Waals surface area contributed by atoms with Crippen molar-refractivity contribution in [1.82, 2.24) is 5.32 Å². The summed E-state index contributed by atoms with van der Waals surface area (Å²) in [5.41, 5.74) is 1.33. The van der Waals surface area contributed by atoms with Crippen LogP contribution in [0.25, 0.3) is 0 Å². The van der Waals surface area contributed by atoms with E-state index in [-0.39, 0.29) is 0 Å². The molecule has 0 radical (unpaired) electrons. The largest absolute Gasteiger partial charge is 0.310 e. The Morgan fingerprint density at radius 1 is 1.20 bits per heavy atom. The van der Waals surface area contributed by atoms with E-state index in [1.807, 2.05) is 12.1 Å². The number of nitrogens with one attached hydrogen (secondary N) is 1. The monoisotopic (exact) mass is 225 g/mol. The highest BCUT2D eigenvalue weighted by atomic mass is 35.5. The molecule has 0 aromatic heterocycles. The average molecular weight is 226 g/mol. The molecule has 0 heterocycles. The van der Waals surface area contributed by atoms with Gasteiger partial charge < -0.3 is 5.32 Å². The molecule has 0 aliphatic rings. The van der Waals surface area contributed by atoms with Crippen molar-refractivity contribution in [3.63, 3.8) is 0 Å². The zero-order valence-corrected chi connectivity index (χ0v) is 10.5. The molecular weight excluding hydrogens is 206 g/mol. The molecule has 1 atom stereocenters. The van der Waals surface area contributed by atoms with Crippen LogP contribution in [-0.4, -0.2) is 6.54 Å². The molecule has 0 amide bonds. The van der Waals surface area contributed by atoms with Crippen molar-refractivity contribution in [2.75, 3.05) is 6.54 Å². The van der Waals surface area contributed by atoms with Crippen LogP contribution in [0.3, 0.4) is 0 Å². The first-order chi connectivity index (χ1) is 7.13. The van der Waals surface area contributed by atoms with Crippen molar-refractivity contribution < 1.29 is 0 Å². The summed E-state index contributed by atoms with van der Waals surface area (Å²) in [5.74, 6) is 0.699. The third-order valence-electron chi connectivity index (χ3n) is 2.43. The van der Waals surface area contributed by atoms with Gasteiger partial charge in [-0.05, 0) is 36.6 Å². The topological polar surface area (TPSA) is 12.0 Å². The van der Waals surface area contributed by atoms with Gasteiger partial charge in [-0.3, -0.25) is 0 Å². The highest BCUT2D eigenvalue weighted by Gasteiger charge is 2.11. The van der Waals surface area contributed by atoms with Gasteiger partial charge in [0.15, 0.2) is 0 Å². The highest BCUT2D eigenvalue weighted by molar-refractivity contribution is 6.30. The van der Waals surface area contributed by atoms with Gasteiger partial charge in [0.2, 0.25) is 0 Å². The predicted molar refractivity (Wildman–Crippen MR) is 67.3 cm³/mol. The van der Waals surface area contributed by atoms with Crippen LogP contribution in [0.15, 0.2) is 24.3 Å². The van der Waals surface area contributed by atoms with E-state index in [1.54, 1.807) is 0 Å². The molecule has 0 saturated carbocycles. The molecule has 0 fully saturated rings. The molecule has 1 rings (SSSR count). The third-order valence-corrected chi connectivity index (χ3v) is 2.68. The Kier molecular flexibility index (Phi) is 5.13. The van der Waals surface area contributed by atoms with Crippen molar-refractivity contribution in [1.29, 1.82) is 0 Å². The van der Waals surface area contributed by atoms with Crippen LogP contribution in [0.2, 0.25) is 5.02 Å². The molecule has 1 N–H and O–H groups in total. The second kappa shape index (κ2) is 6.14. The van der Waals surface area contributed by atoms with E-state index in [4.69, 9.17) is 11.6 Å². The van der Waals surface area contributed by atoms with Crippen LogP contribution in [0, 0.1) is 5.92 Å². The summed E-state index contributed by atoms with van der Waals surface area (Å²) in [6.45, 7) is 7.64. The average Bonchev–Trinajstić information content (AvgIpc) is 2.17. The summed E-state index contributed by atoms with van der Waals surface area (Å²) >= 11 is 5.88. The maximum Gasteiger partial charge on any atom is 0.0406 e. The minimum atomic E-state index is 0.451. The molecule has 2 heteroatoms. The molecule has 0 aliphatic carbocycles. The molecule has 1 nitrogen and oxygen atoms in total. The van der Waals surface area contributed by atoms with Gasteiger partial charge in [-0.25, -0.2) is 0 Å². The standard InChI is InChI=1S/C13H20ClN/c1-4-15-13(9-10(2)3)11-5-7-12(14)8-6-11/h5-8,10,13,15H,4,9H2,1-3H3. The van der Waals surface area contributed by atoms with Crippen LogP contribution in [0.4, 0.5) is 0 Å². The van der Waals surface area contributed by atoms with Crippen LogP contribution in [0.5, 0.6) is 0 Å². The van der Waals surface area contributed by atoms with Crippen LogP contribution >= 0.6 is 11.6 Å². The minimum Gasteiger partial charge on any atom is -0.310 e. The Labute approximate surface area is 97.8 Å². The van der Waals surface area contributed by atoms with Gasteiger partial charge in [-0.1, -0.05) is 44.5 Å². The molecule has 0 saturated heterocycles. The molecule has 1 unspecified atom stereocenters. The zero-order chi connectivity index (χ0) is 11.3. The number of rotatable bonds is 5. The van der Waals surface area contributed by atoms with Gasteiger partial charge in [-0.2, -0.15) is 0 Å². The molecular formula is C13H20ClN. The third kappa shape index (κ3) is 4.23. The zero-order valence-electron chi connectivity index (χ0n) is 9.76. The first-order valence-electron chi connectivity index (χ1n) is 5.62. The maximum absolute atomic E-state index is 5.88. The predicted octanol–water partition coefficient (Wildman–Crippen LogP) is 4.04. The van der Waals surface area contributed by atoms with Gasteiger partial charge in [0.05, 0.1) is 0 Å². The molecule has 84 valence electrons. The van der Waals surface area contributed by atoms with Crippen LogP contribution < -0.4 is 5.32 Å². The fourth-order valence-corrected chi connectivity index (χ4v) is 1.88. The summed E-state index contributed by atoms with van der Waals surface area (Å²) < 4.78 is 0. The van der Waals surface area contributed by atoms with Crippen molar-refractivity contribution in [3.8, 4) is 0 Å². The summed E-state index contributed by atoms with van der Waals surface area (Å²) in [4.78, 5) is 0. The van der Waals surface area contributed by atoms with E-state index < -0.39 is 0 Å². The fraction of sp³-hybridized carbons (Fsp3) is 0.538. The van der Waals surface area contributed by atoms with E-state index in [2.05, 4.69) is 38.2 Å². The SMILES string of the molecule is CCNC(CC(C)C)c1ccc(Cl)cc1. The second-order valence-corrected chi connectivity index (χ2v) is 4.73. The highest BCUT2D eigenvalue weighted by Crippen LogP contribution is 2.22. The maximum atomic E-state index is 5.88. The Morgan fingerprint density at radius 2 is 1.80 bits per heavy atom. The quantitative estimate of drug-likeness (QED) is 0.798. The second-order valence-electron chi connectivity index (χ2n) is 4.29. The normalized spacial score (nSPS) is 13.1. The Balaban J connectivity index is 2.74. The number of benzene rings is 1. The fourth-order valence-electron chi connectivity index (χ4n) is 1.75. The molecule has 0 aliphatic heterocycles. The van der Waals surface area contributed by atoms with Crippen LogP contribution in [-0.2, 0) is 0 Å². The molecule has 15 heavy (non-hydrogen) atoms. The molecule has 1 aromatic carbocycles. The first kappa shape index (κ1) is 12.5. The van der Waals surface area contributed by atoms with Crippen LogP contribution in [0.1, 0.15) is 38.8 Å². The van der Waals surface area contributed by atoms with E-state index in [0.29, 0.717) is 12.0 Å². The molecule has 0 spiro atoms. The van der Waals surface area contributed by atoms with Crippen molar-refractivity contribution >= 4 is 11.6 Å². The summed E-state index contributed by atoms with van der Waals surface area (Å²) in [6.07, 6.45) is 1.16. The van der Waals surface area contributed by atoms with Gasteiger partial charge in [0.25, 0.3) is 0 Å². The number of hydrogen-bond donors (Lipinski definition) is 1. The smallest absolute Gasteiger partial charge is 0.0406 e. The summed E-state index contributed by atoms with van der Waals surface area (Å²) in [6, 6.07) is 8.59. The van der Waals surface area contributed by atoms with Crippen molar-refractivity contribution in [2.45, 2.75) is 33.2 Å². The van der Waals surface area contributed by atoms with Gasteiger partial charge in [-0.15, -0.1) is 0 Å². The Hall–Kier alpha value is -0.530. The number of halogens is 1. The lowest BCUT2D eigenvalue weighted by atomic mass is 9.97. The van der Waals surface area contributed by atoms with E-state index >= 15 is 0 Å². The van der Waals surface area contributed by atoms with Gasteiger partial charge >= 0.3 is 0 Å². The Morgan fingerprint density at radius 3 is 2.27 bits per heavy atom. The first-order valence-corrected chi connectivity index (χ1v) is 6.00. The summed E-state index contributed by atoms with van der Waals surface area (Å²) in [5, 5.41) is 4.31. The Bertz CT molecular complexity index is 279. The lowest BCUT2D eigenvalue weighted by Gasteiger charge is -2.20. The lowest BCUT2D eigenvalue weighted by Crippen LogP contribution is -2.22. The number of hydrogen-bond acceptors (Lipinski definition) is 1. The van der Waals surface area contributed by atoms with E-state index in [9.17, 15) is 0 Å². The molecule has 1 aromatic rings. The minimum absolute atomic E-state index is 0.451. The van der Waals surface area contributed by atoms with Crippen molar-refractivity contribution in [2.24, 2.45) is 5.92 Å². The van der Waals surface area contributed by atoms with Gasteiger partial charge in [0, 0.05) is 11.1 Å². The molecule has 0 bridgehead atoms.